The van der Waals surface area contributed by atoms with Gasteiger partial charge in [0.15, 0.2) is 0 Å². The number of hydrogen-bond acceptors (Lipinski definition) is 4. The molecule has 0 aliphatic carbocycles. The Balaban J connectivity index is 0.00000162. The number of aryl methyl sites for hydroxylation is 1. The fourth-order valence-electron chi connectivity index (χ4n) is 2.05. The lowest BCUT2D eigenvalue weighted by Gasteiger charge is -2.30. The number of rotatable bonds is 2. The summed E-state index contributed by atoms with van der Waals surface area (Å²) in [4.78, 5) is 18.1. The third kappa shape index (κ3) is 3.11. The maximum absolute atomic E-state index is 11.5. The molecular weight excluding hydrogens is 252 g/mol. The molecule has 5 nitrogen and oxygen atoms in total. The maximum Gasteiger partial charge on any atom is 0.269 e. The number of nitrogens with one attached hydrogen (secondary N) is 2. The fourth-order valence-corrected chi connectivity index (χ4v) is 2.05. The van der Waals surface area contributed by atoms with Gasteiger partial charge in [-0.2, -0.15) is 0 Å². The highest BCUT2D eigenvalue weighted by Crippen LogP contribution is 2.18. The molecule has 1 amide bonds. The molecular formula is C12H19ClN4O. The Morgan fingerprint density at radius 2 is 2.06 bits per heavy atom. The summed E-state index contributed by atoms with van der Waals surface area (Å²) in [6.45, 7) is 5.92. The van der Waals surface area contributed by atoms with Crippen molar-refractivity contribution in [2.24, 2.45) is 0 Å². The number of aromatic nitrogens is 1. The van der Waals surface area contributed by atoms with Crippen LogP contribution >= 0.6 is 12.4 Å². The van der Waals surface area contributed by atoms with Gasteiger partial charge in [-0.05, 0) is 19.1 Å². The summed E-state index contributed by atoms with van der Waals surface area (Å²) in [7, 11) is 1.61. The van der Waals surface area contributed by atoms with Crippen molar-refractivity contribution in [3.63, 3.8) is 0 Å². The van der Waals surface area contributed by atoms with E-state index in [9.17, 15) is 4.79 Å². The van der Waals surface area contributed by atoms with Gasteiger partial charge in [-0.15, -0.1) is 12.4 Å². The molecule has 0 spiro atoms. The predicted octanol–water partition coefficient (Wildman–Crippen LogP) is 0.581. The molecule has 0 unspecified atom stereocenters. The number of halogens is 1. The Hall–Kier alpha value is -1.33. The van der Waals surface area contributed by atoms with Gasteiger partial charge < -0.3 is 15.5 Å². The van der Waals surface area contributed by atoms with E-state index >= 15 is 0 Å². The van der Waals surface area contributed by atoms with Gasteiger partial charge in [0.1, 0.15) is 5.69 Å². The zero-order valence-corrected chi connectivity index (χ0v) is 11.5. The van der Waals surface area contributed by atoms with Gasteiger partial charge in [0, 0.05) is 33.2 Å². The molecule has 0 bridgehead atoms. The Morgan fingerprint density at radius 3 is 2.61 bits per heavy atom. The van der Waals surface area contributed by atoms with Crippen molar-refractivity contribution >= 4 is 24.0 Å². The number of hydrogen-bond donors (Lipinski definition) is 2. The van der Waals surface area contributed by atoms with Crippen LogP contribution in [0.2, 0.25) is 0 Å². The van der Waals surface area contributed by atoms with Crippen LogP contribution in [0.25, 0.3) is 0 Å². The van der Waals surface area contributed by atoms with Gasteiger partial charge in [-0.1, -0.05) is 0 Å². The molecule has 100 valence electrons. The summed E-state index contributed by atoms with van der Waals surface area (Å²) in [5, 5.41) is 5.90. The van der Waals surface area contributed by atoms with E-state index in [-0.39, 0.29) is 18.3 Å². The molecule has 0 saturated carbocycles. The van der Waals surface area contributed by atoms with E-state index in [4.69, 9.17) is 0 Å². The Kier molecular flexibility index (Phi) is 5.37. The summed E-state index contributed by atoms with van der Waals surface area (Å²) in [5.41, 5.74) is 2.51. The summed E-state index contributed by atoms with van der Waals surface area (Å²) in [5.74, 6) is -0.139. The average molecular weight is 271 g/mol. The van der Waals surface area contributed by atoms with Crippen LogP contribution in [0.15, 0.2) is 12.1 Å². The first kappa shape index (κ1) is 14.7. The third-order valence-electron chi connectivity index (χ3n) is 2.98. The Morgan fingerprint density at radius 1 is 1.39 bits per heavy atom. The minimum atomic E-state index is -0.139. The molecule has 2 heterocycles. The minimum Gasteiger partial charge on any atom is -0.368 e. The van der Waals surface area contributed by atoms with Gasteiger partial charge in [0.05, 0.1) is 11.4 Å². The molecule has 1 aromatic rings. The number of pyridine rings is 1. The fraction of sp³-hybridized carbons (Fsp3) is 0.500. The van der Waals surface area contributed by atoms with Crippen LogP contribution in [0.5, 0.6) is 0 Å². The van der Waals surface area contributed by atoms with Crippen molar-refractivity contribution in [1.82, 2.24) is 15.6 Å². The molecule has 2 N–H and O–H groups in total. The quantitative estimate of drug-likeness (QED) is 0.826. The molecule has 18 heavy (non-hydrogen) atoms. The lowest BCUT2D eigenvalue weighted by Crippen LogP contribution is -2.43. The van der Waals surface area contributed by atoms with Crippen LogP contribution in [0, 0.1) is 6.92 Å². The van der Waals surface area contributed by atoms with E-state index in [1.807, 2.05) is 13.0 Å². The minimum absolute atomic E-state index is 0. The summed E-state index contributed by atoms with van der Waals surface area (Å²) in [6, 6.07) is 3.77. The van der Waals surface area contributed by atoms with Crippen molar-refractivity contribution in [2.45, 2.75) is 6.92 Å². The standard InChI is InChI=1S/C12H18N4O.ClH/c1-9-11(16-7-5-14-6-8-16)4-3-10(15-9)12(17)13-2;/h3-4,14H,5-8H2,1-2H3,(H,13,17);1H. The number of amides is 1. The molecule has 1 aliphatic rings. The van der Waals surface area contributed by atoms with Gasteiger partial charge in [-0.3, -0.25) is 4.79 Å². The van der Waals surface area contributed by atoms with Gasteiger partial charge in [-0.25, -0.2) is 4.98 Å². The van der Waals surface area contributed by atoms with Gasteiger partial charge >= 0.3 is 0 Å². The molecule has 2 rings (SSSR count). The van der Waals surface area contributed by atoms with Crippen molar-refractivity contribution < 1.29 is 4.79 Å². The monoisotopic (exact) mass is 270 g/mol. The van der Waals surface area contributed by atoms with Crippen LogP contribution in [0.4, 0.5) is 5.69 Å². The molecule has 1 aliphatic heterocycles. The van der Waals surface area contributed by atoms with Crippen LogP contribution in [0.1, 0.15) is 16.2 Å². The number of carbonyl (C=O) groups is 1. The average Bonchev–Trinajstić information content (AvgIpc) is 2.38. The second kappa shape index (κ2) is 6.56. The maximum atomic E-state index is 11.5. The van der Waals surface area contributed by atoms with E-state index in [1.165, 1.54) is 0 Å². The highest BCUT2D eigenvalue weighted by molar-refractivity contribution is 5.92. The first-order valence-corrected chi connectivity index (χ1v) is 5.88. The van der Waals surface area contributed by atoms with E-state index < -0.39 is 0 Å². The predicted molar refractivity (Wildman–Crippen MR) is 74.7 cm³/mol. The van der Waals surface area contributed by atoms with Crippen molar-refractivity contribution in [3.05, 3.63) is 23.5 Å². The molecule has 1 fully saturated rings. The number of piperazine rings is 1. The van der Waals surface area contributed by atoms with E-state index in [2.05, 4.69) is 20.5 Å². The summed E-state index contributed by atoms with van der Waals surface area (Å²) >= 11 is 0. The molecule has 0 aromatic carbocycles. The van der Waals surface area contributed by atoms with E-state index in [0.717, 1.165) is 37.6 Å². The molecule has 1 aromatic heterocycles. The molecule has 0 radical (unpaired) electrons. The number of carbonyl (C=O) groups excluding carboxylic acids is 1. The highest BCUT2D eigenvalue weighted by atomic mass is 35.5. The van der Waals surface area contributed by atoms with Gasteiger partial charge in [0.25, 0.3) is 5.91 Å². The molecule has 0 atom stereocenters. The van der Waals surface area contributed by atoms with E-state index in [1.54, 1.807) is 13.1 Å². The van der Waals surface area contributed by atoms with Crippen LogP contribution in [0.3, 0.4) is 0 Å². The zero-order valence-electron chi connectivity index (χ0n) is 10.7. The zero-order chi connectivity index (χ0) is 12.3. The van der Waals surface area contributed by atoms with E-state index in [0.29, 0.717) is 5.69 Å². The highest BCUT2D eigenvalue weighted by Gasteiger charge is 2.14. The van der Waals surface area contributed by atoms with Crippen LogP contribution in [-0.4, -0.2) is 44.1 Å². The van der Waals surface area contributed by atoms with Gasteiger partial charge in [0.2, 0.25) is 0 Å². The first-order chi connectivity index (χ1) is 8.22. The smallest absolute Gasteiger partial charge is 0.269 e. The topological polar surface area (TPSA) is 57.3 Å². The summed E-state index contributed by atoms with van der Waals surface area (Å²) in [6.07, 6.45) is 0. The summed E-state index contributed by atoms with van der Waals surface area (Å²) < 4.78 is 0. The third-order valence-corrected chi connectivity index (χ3v) is 2.98. The van der Waals surface area contributed by atoms with Crippen molar-refractivity contribution in [3.8, 4) is 0 Å². The number of anilines is 1. The van der Waals surface area contributed by atoms with Crippen molar-refractivity contribution in [2.75, 3.05) is 38.1 Å². The Bertz CT molecular complexity index is 419. The SMILES string of the molecule is CNC(=O)c1ccc(N2CCNCC2)c(C)n1.Cl. The number of nitrogens with zero attached hydrogens (tertiary/aromatic N) is 2. The second-order valence-corrected chi connectivity index (χ2v) is 4.12. The van der Waals surface area contributed by atoms with Crippen molar-refractivity contribution in [1.29, 1.82) is 0 Å². The Labute approximate surface area is 113 Å². The van der Waals surface area contributed by atoms with Crippen LogP contribution in [-0.2, 0) is 0 Å². The lowest BCUT2D eigenvalue weighted by atomic mass is 10.2. The largest absolute Gasteiger partial charge is 0.368 e. The normalized spacial score (nSPS) is 14.9. The lowest BCUT2D eigenvalue weighted by molar-refractivity contribution is 0.0958. The first-order valence-electron chi connectivity index (χ1n) is 5.88. The van der Waals surface area contributed by atoms with Crippen LogP contribution < -0.4 is 15.5 Å². The molecule has 1 saturated heterocycles. The molecule has 6 heteroatoms. The second-order valence-electron chi connectivity index (χ2n) is 4.12.